The summed E-state index contributed by atoms with van der Waals surface area (Å²) >= 11 is 8.61. The molecule has 58 valence electrons. The van der Waals surface area contributed by atoms with Crippen molar-refractivity contribution in [2.45, 2.75) is 4.83 Å². The Morgan fingerprint density at radius 3 is 2.90 bits per heavy atom. The highest BCUT2D eigenvalue weighted by Crippen LogP contribution is 2.02. The van der Waals surface area contributed by atoms with Crippen LogP contribution < -0.4 is 0 Å². The molecule has 0 saturated carbocycles. The molecule has 0 N–H and O–H groups in total. The van der Waals surface area contributed by atoms with Crippen LogP contribution in [-0.2, 0) is 9.53 Å². The Kier molecular flexibility index (Phi) is 5.73. The van der Waals surface area contributed by atoms with E-state index in [1.54, 1.807) is 0 Å². The molecule has 0 bridgehead atoms. The highest BCUT2D eigenvalue weighted by atomic mass is 79.9. The maximum absolute atomic E-state index is 10.4. The molecule has 0 aromatic rings. The number of halogens is 2. The van der Waals surface area contributed by atoms with Gasteiger partial charge in [0, 0.05) is 12.0 Å². The molecule has 0 aliphatic carbocycles. The van der Waals surface area contributed by atoms with Crippen LogP contribution in [0.2, 0.25) is 0 Å². The molecule has 0 amide bonds. The van der Waals surface area contributed by atoms with Crippen molar-refractivity contribution in [3.63, 3.8) is 0 Å². The van der Waals surface area contributed by atoms with Crippen molar-refractivity contribution in [3.8, 4) is 0 Å². The lowest BCUT2D eigenvalue weighted by Crippen LogP contribution is -2.12. The van der Waals surface area contributed by atoms with Gasteiger partial charge in [-0.05, 0) is 0 Å². The van der Waals surface area contributed by atoms with Crippen LogP contribution in [-0.4, -0.2) is 23.3 Å². The van der Waals surface area contributed by atoms with Crippen molar-refractivity contribution < 1.29 is 9.53 Å². The first-order chi connectivity index (χ1) is 4.70. The van der Waals surface area contributed by atoms with Gasteiger partial charge < -0.3 is 4.74 Å². The Bertz CT molecular complexity index is 127. The predicted octanol–water partition coefficient (Wildman–Crippen LogP) is 1.72. The molecule has 0 aliphatic rings. The molecule has 1 unspecified atom stereocenters. The lowest BCUT2D eigenvalue weighted by atomic mass is 10.5. The first-order valence-electron chi connectivity index (χ1n) is 2.70. The van der Waals surface area contributed by atoms with E-state index in [-0.39, 0.29) is 11.4 Å². The summed E-state index contributed by atoms with van der Waals surface area (Å²) < 4.78 is 4.66. The number of rotatable bonds is 4. The van der Waals surface area contributed by atoms with Gasteiger partial charge in [0.1, 0.15) is 6.61 Å². The molecule has 1 atom stereocenters. The highest BCUT2D eigenvalue weighted by molar-refractivity contribution is 9.09. The summed E-state index contributed by atoms with van der Waals surface area (Å²) in [6.07, 6.45) is 1.12. The zero-order chi connectivity index (χ0) is 7.98. The van der Waals surface area contributed by atoms with Crippen molar-refractivity contribution >= 4 is 33.5 Å². The highest BCUT2D eigenvalue weighted by Gasteiger charge is 2.03. The molecular weight excluding hydrogens is 219 g/mol. The average Bonchev–Trinajstić information content (AvgIpc) is 1.99. The molecule has 0 heterocycles. The molecule has 2 nitrogen and oxygen atoms in total. The van der Waals surface area contributed by atoms with Crippen molar-refractivity contribution in [1.82, 2.24) is 0 Å². The predicted molar refractivity (Wildman–Crippen MR) is 44.6 cm³/mol. The van der Waals surface area contributed by atoms with E-state index >= 15 is 0 Å². The van der Waals surface area contributed by atoms with Crippen molar-refractivity contribution in [1.29, 1.82) is 0 Å². The minimum atomic E-state index is -0.422. The Morgan fingerprint density at radius 2 is 2.50 bits per heavy atom. The molecule has 4 heteroatoms. The minimum absolute atomic E-state index is 0.0260. The monoisotopic (exact) mass is 226 g/mol. The van der Waals surface area contributed by atoms with E-state index in [1.165, 1.54) is 0 Å². The van der Waals surface area contributed by atoms with E-state index in [0.29, 0.717) is 5.88 Å². The fourth-order valence-corrected chi connectivity index (χ4v) is 0.497. The molecule has 0 aromatic carbocycles. The molecule has 0 fully saturated rings. The number of ether oxygens (including phenoxy) is 1. The van der Waals surface area contributed by atoms with Gasteiger partial charge in [0.15, 0.2) is 0 Å². The Morgan fingerprint density at radius 1 is 1.90 bits per heavy atom. The zero-order valence-electron chi connectivity index (χ0n) is 5.35. The van der Waals surface area contributed by atoms with Crippen LogP contribution >= 0.6 is 27.5 Å². The minimum Gasteiger partial charge on any atom is -0.461 e. The molecule has 0 saturated heterocycles. The second-order valence-corrected chi connectivity index (χ2v) is 3.19. The largest absolute Gasteiger partial charge is 0.461 e. The van der Waals surface area contributed by atoms with E-state index in [4.69, 9.17) is 11.6 Å². The third-order valence-electron chi connectivity index (χ3n) is 0.741. The Hall–Kier alpha value is -0.0200. The fraction of sp³-hybridized carbons (Fsp3) is 0.500. The van der Waals surface area contributed by atoms with Crippen LogP contribution in [0.15, 0.2) is 12.7 Å². The van der Waals surface area contributed by atoms with E-state index in [1.807, 2.05) is 0 Å². The van der Waals surface area contributed by atoms with Gasteiger partial charge in [-0.3, -0.25) is 0 Å². The van der Waals surface area contributed by atoms with Crippen LogP contribution in [0.25, 0.3) is 0 Å². The smallest absolute Gasteiger partial charge is 0.330 e. The summed E-state index contributed by atoms with van der Waals surface area (Å²) in [5, 5.41) is 0. The summed E-state index contributed by atoms with van der Waals surface area (Å²) in [6, 6.07) is 0. The zero-order valence-corrected chi connectivity index (χ0v) is 7.69. The van der Waals surface area contributed by atoms with E-state index < -0.39 is 5.97 Å². The lowest BCUT2D eigenvalue weighted by molar-refractivity contribution is -0.137. The first-order valence-corrected chi connectivity index (χ1v) is 4.15. The summed E-state index contributed by atoms with van der Waals surface area (Å²) in [4.78, 5) is 10.5. The van der Waals surface area contributed by atoms with Gasteiger partial charge in [-0.25, -0.2) is 4.79 Å². The lowest BCUT2D eigenvalue weighted by Gasteiger charge is -2.04. The maximum atomic E-state index is 10.4. The molecular formula is C6H8BrClO2. The van der Waals surface area contributed by atoms with E-state index in [0.717, 1.165) is 6.08 Å². The van der Waals surface area contributed by atoms with Gasteiger partial charge in [-0.15, -0.1) is 11.6 Å². The van der Waals surface area contributed by atoms with Crippen LogP contribution in [0.4, 0.5) is 0 Å². The average molecular weight is 227 g/mol. The quantitative estimate of drug-likeness (QED) is 0.415. The Labute approximate surface area is 73.3 Å². The summed E-state index contributed by atoms with van der Waals surface area (Å²) in [5.74, 6) is -0.000643. The molecule has 0 spiro atoms. The van der Waals surface area contributed by atoms with Crippen LogP contribution in [0.3, 0.4) is 0 Å². The Balaban J connectivity index is 3.34. The van der Waals surface area contributed by atoms with Gasteiger partial charge in [0.2, 0.25) is 0 Å². The van der Waals surface area contributed by atoms with Gasteiger partial charge in [0.05, 0.1) is 4.83 Å². The van der Waals surface area contributed by atoms with E-state index in [9.17, 15) is 4.79 Å². The molecule has 0 aliphatic heterocycles. The third-order valence-corrected chi connectivity index (χ3v) is 2.07. The standard InChI is InChI=1S/C6H8BrClO2/c1-2-6(9)10-4-5(7)3-8/h2,5H,1,3-4H2. The maximum Gasteiger partial charge on any atom is 0.330 e. The number of hydrogen-bond donors (Lipinski definition) is 0. The molecule has 0 rings (SSSR count). The number of esters is 1. The normalized spacial score (nSPS) is 12.2. The molecule has 0 aromatic heterocycles. The second kappa shape index (κ2) is 5.74. The number of carbonyl (C=O) groups is 1. The number of carbonyl (C=O) groups excluding carboxylic acids is 1. The SMILES string of the molecule is C=CC(=O)OCC(Br)CCl. The van der Waals surface area contributed by atoms with E-state index in [2.05, 4.69) is 27.2 Å². The summed E-state index contributed by atoms with van der Waals surface area (Å²) in [6.45, 7) is 3.53. The van der Waals surface area contributed by atoms with Crippen molar-refractivity contribution in [3.05, 3.63) is 12.7 Å². The molecule has 10 heavy (non-hydrogen) atoms. The fourth-order valence-electron chi connectivity index (χ4n) is 0.276. The van der Waals surface area contributed by atoms with Crippen LogP contribution in [0, 0.1) is 0 Å². The summed E-state index contributed by atoms with van der Waals surface area (Å²) in [7, 11) is 0. The topological polar surface area (TPSA) is 26.3 Å². The van der Waals surface area contributed by atoms with Crippen LogP contribution in [0.1, 0.15) is 0 Å². The number of alkyl halides is 2. The van der Waals surface area contributed by atoms with Crippen LogP contribution in [0.5, 0.6) is 0 Å². The third kappa shape index (κ3) is 4.82. The second-order valence-electron chi connectivity index (χ2n) is 1.59. The molecule has 0 radical (unpaired) electrons. The van der Waals surface area contributed by atoms with Crippen molar-refractivity contribution in [2.75, 3.05) is 12.5 Å². The first kappa shape index (κ1) is 9.98. The number of hydrogen-bond acceptors (Lipinski definition) is 2. The van der Waals surface area contributed by atoms with Gasteiger partial charge in [-0.1, -0.05) is 22.5 Å². The van der Waals surface area contributed by atoms with Gasteiger partial charge in [0.25, 0.3) is 0 Å². The van der Waals surface area contributed by atoms with Gasteiger partial charge in [-0.2, -0.15) is 0 Å². The van der Waals surface area contributed by atoms with Crippen molar-refractivity contribution in [2.24, 2.45) is 0 Å². The summed E-state index contributed by atoms with van der Waals surface area (Å²) in [5.41, 5.74) is 0. The van der Waals surface area contributed by atoms with Gasteiger partial charge >= 0.3 is 5.97 Å².